The molecular weight excluding hydrogens is 380 g/mol. The number of anilines is 2. The van der Waals surface area contributed by atoms with Gasteiger partial charge in [-0.1, -0.05) is 11.3 Å². The quantitative estimate of drug-likeness (QED) is 0.514. The first-order valence-electron chi connectivity index (χ1n) is 8.84. The minimum absolute atomic E-state index is 0.0443. The number of ether oxygens (including phenoxy) is 1. The molecule has 0 radical (unpaired) electrons. The standard InChI is InChI=1S/C19H18N4O4S/c1-27-19-21-14-6-5-13(11-17(14)28-19)20-18(24)12-4-7-15(16(10-12)23(25)26)22-8-2-3-9-22/h4-7,10-11H,2-3,8-9H2,1H3,(H,20,24). The van der Waals surface area contributed by atoms with Crippen LogP contribution in [0.15, 0.2) is 36.4 Å². The molecule has 0 aliphatic carbocycles. The molecule has 1 aromatic heterocycles. The minimum Gasteiger partial charge on any atom is -0.473 e. The highest BCUT2D eigenvalue weighted by molar-refractivity contribution is 7.20. The molecule has 1 N–H and O–H groups in total. The molecule has 28 heavy (non-hydrogen) atoms. The van der Waals surface area contributed by atoms with Crippen molar-refractivity contribution in [3.8, 4) is 5.19 Å². The zero-order valence-corrected chi connectivity index (χ0v) is 16.0. The van der Waals surface area contributed by atoms with Crippen LogP contribution < -0.4 is 15.0 Å². The van der Waals surface area contributed by atoms with Gasteiger partial charge in [0, 0.05) is 30.4 Å². The molecule has 3 aromatic rings. The third-order valence-corrected chi connectivity index (χ3v) is 5.66. The van der Waals surface area contributed by atoms with Crippen molar-refractivity contribution in [2.45, 2.75) is 12.8 Å². The number of aromatic nitrogens is 1. The van der Waals surface area contributed by atoms with Crippen LogP contribution in [0, 0.1) is 10.1 Å². The Balaban J connectivity index is 1.59. The van der Waals surface area contributed by atoms with E-state index < -0.39 is 10.8 Å². The van der Waals surface area contributed by atoms with E-state index in [0.29, 0.717) is 16.6 Å². The molecule has 1 aliphatic heterocycles. The molecule has 1 amide bonds. The fraction of sp³-hybridized carbons (Fsp3) is 0.263. The molecule has 0 unspecified atom stereocenters. The van der Waals surface area contributed by atoms with Crippen molar-refractivity contribution in [1.82, 2.24) is 4.98 Å². The second-order valence-corrected chi connectivity index (χ2v) is 7.47. The molecule has 1 fully saturated rings. The Morgan fingerprint density at radius 3 is 2.75 bits per heavy atom. The van der Waals surface area contributed by atoms with Crippen molar-refractivity contribution in [3.63, 3.8) is 0 Å². The fourth-order valence-corrected chi connectivity index (χ4v) is 4.13. The van der Waals surface area contributed by atoms with Crippen LogP contribution in [0.5, 0.6) is 5.19 Å². The number of hydrogen-bond donors (Lipinski definition) is 1. The van der Waals surface area contributed by atoms with Crippen molar-refractivity contribution in [2.24, 2.45) is 0 Å². The van der Waals surface area contributed by atoms with Gasteiger partial charge in [-0.05, 0) is 43.2 Å². The number of amides is 1. The van der Waals surface area contributed by atoms with E-state index in [0.717, 1.165) is 36.1 Å². The van der Waals surface area contributed by atoms with Crippen LogP contribution in [0.2, 0.25) is 0 Å². The molecule has 1 aliphatic rings. The van der Waals surface area contributed by atoms with Gasteiger partial charge in [-0.25, -0.2) is 4.98 Å². The first-order chi connectivity index (χ1) is 13.5. The highest BCUT2D eigenvalue weighted by Gasteiger charge is 2.24. The zero-order chi connectivity index (χ0) is 19.7. The van der Waals surface area contributed by atoms with Gasteiger partial charge in [0.25, 0.3) is 16.8 Å². The van der Waals surface area contributed by atoms with E-state index in [1.165, 1.54) is 17.4 Å². The molecule has 2 aromatic carbocycles. The van der Waals surface area contributed by atoms with Crippen molar-refractivity contribution >= 4 is 44.5 Å². The molecular formula is C19H18N4O4S. The van der Waals surface area contributed by atoms with Gasteiger partial charge in [0.05, 0.1) is 22.2 Å². The van der Waals surface area contributed by atoms with Gasteiger partial charge in [-0.15, -0.1) is 0 Å². The summed E-state index contributed by atoms with van der Waals surface area (Å²) in [6.45, 7) is 1.59. The number of nitrogens with zero attached hydrogens (tertiary/aromatic N) is 3. The third-order valence-electron chi connectivity index (χ3n) is 4.68. The van der Waals surface area contributed by atoms with Gasteiger partial charge in [-0.2, -0.15) is 0 Å². The summed E-state index contributed by atoms with van der Waals surface area (Å²) >= 11 is 1.38. The van der Waals surface area contributed by atoms with Crippen molar-refractivity contribution in [3.05, 3.63) is 52.1 Å². The number of carbonyl (C=O) groups excluding carboxylic acids is 1. The summed E-state index contributed by atoms with van der Waals surface area (Å²) in [4.78, 5) is 30.0. The van der Waals surface area contributed by atoms with E-state index in [1.54, 1.807) is 37.4 Å². The lowest BCUT2D eigenvalue weighted by Crippen LogP contribution is -2.19. The number of methoxy groups -OCH3 is 1. The molecule has 1 saturated heterocycles. The third kappa shape index (κ3) is 3.48. The van der Waals surface area contributed by atoms with E-state index >= 15 is 0 Å². The molecule has 0 saturated carbocycles. The SMILES string of the molecule is COc1nc2ccc(NC(=O)c3ccc(N4CCCC4)c([N+](=O)[O-])c3)cc2s1. The van der Waals surface area contributed by atoms with Crippen molar-refractivity contribution < 1.29 is 14.5 Å². The van der Waals surface area contributed by atoms with Crippen LogP contribution in [0.4, 0.5) is 17.1 Å². The van der Waals surface area contributed by atoms with Gasteiger partial charge in [-0.3, -0.25) is 14.9 Å². The molecule has 4 rings (SSSR count). The Bertz CT molecular complexity index is 1060. The number of nitrogens with one attached hydrogen (secondary N) is 1. The average Bonchev–Trinajstić information content (AvgIpc) is 3.36. The van der Waals surface area contributed by atoms with Crippen LogP contribution in [0.3, 0.4) is 0 Å². The van der Waals surface area contributed by atoms with Crippen LogP contribution in [0.25, 0.3) is 10.2 Å². The fourth-order valence-electron chi connectivity index (χ4n) is 3.31. The van der Waals surface area contributed by atoms with Crippen LogP contribution in [-0.2, 0) is 0 Å². The summed E-state index contributed by atoms with van der Waals surface area (Å²) in [5.41, 5.74) is 2.14. The molecule has 2 heterocycles. The maximum absolute atomic E-state index is 12.6. The lowest BCUT2D eigenvalue weighted by atomic mass is 10.1. The second-order valence-electron chi connectivity index (χ2n) is 6.48. The number of rotatable bonds is 5. The van der Waals surface area contributed by atoms with Crippen LogP contribution in [-0.4, -0.2) is 36.0 Å². The molecule has 0 spiro atoms. The molecule has 0 atom stereocenters. The normalized spacial score (nSPS) is 13.7. The van der Waals surface area contributed by atoms with E-state index in [9.17, 15) is 14.9 Å². The highest BCUT2D eigenvalue weighted by atomic mass is 32.1. The topological polar surface area (TPSA) is 97.6 Å². The number of nitro groups is 1. The average molecular weight is 398 g/mol. The maximum atomic E-state index is 12.6. The number of thiazole rings is 1. The lowest BCUT2D eigenvalue weighted by Gasteiger charge is -2.17. The summed E-state index contributed by atoms with van der Waals surface area (Å²) in [6.07, 6.45) is 2.04. The minimum atomic E-state index is -0.430. The second kappa shape index (κ2) is 7.43. The van der Waals surface area contributed by atoms with E-state index in [-0.39, 0.29) is 11.3 Å². The first-order valence-corrected chi connectivity index (χ1v) is 9.66. The largest absolute Gasteiger partial charge is 0.473 e. The molecule has 0 bridgehead atoms. The Morgan fingerprint density at radius 2 is 2.04 bits per heavy atom. The Morgan fingerprint density at radius 1 is 1.25 bits per heavy atom. The van der Waals surface area contributed by atoms with E-state index in [4.69, 9.17) is 4.74 Å². The Hall–Kier alpha value is -3.20. The Kier molecular flexibility index (Phi) is 4.82. The zero-order valence-electron chi connectivity index (χ0n) is 15.2. The summed E-state index contributed by atoms with van der Waals surface area (Å²) in [5, 5.41) is 14.9. The predicted octanol–water partition coefficient (Wildman–Crippen LogP) is 4.07. The van der Waals surface area contributed by atoms with Gasteiger partial charge in [0.1, 0.15) is 5.69 Å². The highest BCUT2D eigenvalue weighted by Crippen LogP contribution is 2.32. The van der Waals surface area contributed by atoms with Crippen molar-refractivity contribution in [2.75, 3.05) is 30.4 Å². The summed E-state index contributed by atoms with van der Waals surface area (Å²) in [5.74, 6) is -0.396. The number of hydrogen-bond acceptors (Lipinski definition) is 7. The van der Waals surface area contributed by atoms with Crippen LogP contribution >= 0.6 is 11.3 Å². The van der Waals surface area contributed by atoms with E-state index in [1.807, 2.05) is 4.90 Å². The molecule has 8 nitrogen and oxygen atoms in total. The lowest BCUT2D eigenvalue weighted by molar-refractivity contribution is -0.384. The van der Waals surface area contributed by atoms with E-state index in [2.05, 4.69) is 10.3 Å². The van der Waals surface area contributed by atoms with Gasteiger partial charge < -0.3 is 15.0 Å². The number of benzene rings is 2. The summed E-state index contributed by atoms with van der Waals surface area (Å²) in [7, 11) is 1.55. The molecule has 144 valence electrons. The summed E-state index contributed by atoms with van der Waals surface area (Å²) < 4.78 is 6.01. The summed E-state index contributed by atoms with van der Waals surface area (Å²) in [6, 6.07) is 9.98. The van der Waals surface area contributed by atoms with Gasteiger partial charge in [0.2, 0.25) is 0 Å². The van der Waals surface area contributed by atoms with Gasteiger partial charge in [0.15, 0.2) is 0 Å². The predicted molar refractivity (Wildman–Crippen MR) is 109 cm³/mol. The van der Waals surface area contributed by atoms with Gasteiger partial charge >= 0.3 is 0 Å². The smallest absolute Gasteiger partial charge is 0.293 e. The number of nitro benzene ring substituents is 1. The first kappa shape index (κ1) is 18.2. The number of fused-ring (bicyclic) bond motifs is 1. The Labute approximate surface area is 164 Å². The van der Waals surface area contributed by atoms with Crippen molar-refractivity contribution in [1.29, 1.82) is 0 Å². The maximum Gasteiger partial charge on any atom is 0.293 e. The monoisotopic (exact) mass is 398 g/mol. The van der Waals surface area contributed by atoms with Crippen LogP contribution in [0.1, 0.15) is 23.2 Å². The number of carbonyl (C=O) groups is 1. The molecule has 9 heteroatoms.